The highest BCUT2D eigenvalue weighted by Crippen LogP contribution is 2.23. The predicted molar refractivity (Wildman–Crippen MR) is 72.5 cm³/mol. The zero-order valence-electron chi connectivity index (χ0n) is 10.4. The first-order valence-corrected chi connectivity index (χ1v) is 6.59. The van der Waals surface area contributed by atoms with Crippen molar-refractivity contribution >= 4 is 18.5 Å². The second-order valence-corrected chi connectivity index (χ2v) is 5.72. The van der Waals surface area contributed by atoms with Gasteiger partial charge in [0, 0.05) is 23.5 Å². The number of rotatable bonds is 1. The Balaban J connectivity index is 2.14. The molecule has 0 bridgehead atoms. The van der Waals surface area contributed by atoms with E-state index in [1.54, 1.807) is 0 Å². The number of hydrogen-bond donors (Lipinski definition) is 1. The average molecular weight is 249 g/mol. The standard InChI is InChI=1S/C14H19NOS/c1-10-6-11(2)9-15(8-10)14(16)12-4-3-5-13(17)7-12/h3-5,7,10-11,17H,6,8-9H2,1-2H3. The smallest absolute Gasteiger partial charge is 0.253 e. The largest absolute Gasteiger partial charge is 0.338 e. The maximum Gasteiger partial charge on any atom is 0.253 e. The Morgan fingerprint density at radius 3 is 2.53 bits per heavy atom. The lowest BCUT2D eigenvalue weighted by Gasteiger charge is -2.35. The molecule has 3 heteroatoms. The van der Waals surface area contributed by atoms with Gasteiger partial charge >= 0.3 is 0 Å². The lowest BCUT2D eigenvalue weighted by molar-refractivity contribution is 0.0623. The van der Waals surface area contributed by atoms with E-state index in [1.807, 2.05) is 29.2 Å². The Labute approximate surface area is 108 Å². The van der Waals surface area contributed by atoms with Crippen molar-refractivity contribution in [3.8, 4) is 0 Å². The first kappa shape index (κ1) is 12.5. The molecular weight excluding hydrogens is 230 g/mol. The summed E-state index contributed by atoms with van der Waals surface area (Å²) in [6, 6.07) is 7.48. The molecule has 2 nitrogen and oxygen atoms in total. The summed E-state index contributed by atoms with van der Waals surface area (Å²) >= 11 is 4.28. The first-order valence-electron chi connectivity index (χ1n) is 6.14. The van der Waals surface area contributed by atoms with Crippen LogP contribution in [0.1, 0.15) is 30.6 Å². The van der Waals surface area contributed by atoms with Crippen molar-refractivity contribution in [2.75, 3.05) is 13.1 Å². The van der Waals surface area contributed by atoms with Crippen LogP contribution in [0.4, 0.5) is 0 Å². The van der Waals surface area contributed by atoms with Crippen molar-refractivity contribution in [3.05, 3.63) is 29.8 Å². The summed E-state index contributed by atoms with van der Waals surface area (Å²) in [6.45, 7) is 6.18. The molecule has 92 valence electrons. The van der Waals surface area contributed by atoms with Crippen LogP contribution in [0.25, 0.3) is 0 Å². The molecule has 2 rings (SSSR count). The highest BCUT2D eigenvalue weighted by molar-refractivity contribution is 7.80. The third-order valence-electron chi connectivity index (χ3n) is 3.25. The Hall–Kier alpha value is -0.960. The van der Waals surface area contributed by atoms with E-state index in [0.29, 0.717) is 11.8 Å². The summed E-state index contributed by atoms with van der Waals surface area (Å²) in [7, 11) is 0. The van der Waals surface area contributed by atoms with Crippen molar-refractivity contribution in [2.24, 2.45) is 11.8 Å². The number of thiol groups is 1. The number of likely N-dealkylation sites (tertiary alicyclic amines) is 1. The quantitative estimate of drug-likeness (QED) is 0.758. The molecule has 1 aliphatic rings. The fourth-order valence-electron chi connectivity index (χ4n) is 2.65. The molecule has 1 aromatic rings. The molecule has 1 aromatic carbocycles. The molecule has 0 aliphatic carbocycles. The Kier molecular flexibility index (Phi) is 3.77. The third-order valence-corrected chi connectivity index (χ3v) is 3.53. The van der Waals surface area contributed by atoms with Crippen molar-refractivity contribution in [1.82, 2.24) is 4.90 Å². The van der Waals surface area contributed by atoms with Crippen molar-refractivity contribution in [2.45, 2.75) is 25.2 Å². The van der Waals surface area contributed by atoms with Gasteiger partial charge < -0.3 is 4.90 Å². The van der Waals surface area contributed by atoms with E-state index in [9.17, 15) is 4.79 Å². The van der Waals surface area contributed by atoms with Crippen LogP contribution in [0.5, 0.6) is 0 Å². The zero-order valence-corrected chi connectivity index (χ0v) is 11.3. The fourth-order valence-corrected chi connectivity index (χ4v) is 2.88. The number of benzene rings is 1. The topological polar surface area (TPSA) is 20.3 Å². The Bertz CT molecular complexity index is 408. The summed E-state index contributed by atoms with van der Waals surface area (Å²) < 4.78 is 0. The van der Waals surface area contributed by atoms with Crippen LogP contribution in [-0.2, 0) is 0 Å². The van der Waals surface area contributed by atoms with Gasteiger partial charge in [0.2, 0.25) is 0 Å². The molecule has 2 atom stereocenters. The molecule has 1 fully saturated rings. The van der Waals surface area contributed by atoms with Gasteiger partial charge in [-0.3, -0.25) is 4.79 Å². The van der Waals surface area contributed by atoms with Crippen LogP contribution in [0.3, 0.4) is 0 Å². The predicted octanol–water partition coefficient (Wildman–Crippen LogP) is 3.09. The minimum absolute atomic E-state index is 0.138. The normalized spacial score (nSPS) is 24.8. The summed E-state index contributed by atoms with van der Waals surface area (Å²) in [5, 5.41) is 0. The van der Waals surface area contributed by atoms with Crippen LogP contribution < -0.4 is 0 Å². The lowest BCUT2D eigenvalue weighted by Crippen LogP contribution is -2.42. The van der Waals surface area contributed by atoms with Gasteiger partial charge in [0.25, 0.3) is 5.91 Å². The molecule has 0 aromatic heterocycles. The second kappa shape index (κ2) is 5.13. The second-order valence-electron chi connectivity index (χ2n) is 5.21. The molecule has 0 saturated carbocycles. The van der Waals surface area contributed by atoms with Gasteiger partial charge in [0.15, 0.2) is 0 Å². The van der Waals surface area contributed by atoms with Crippen LogP contribution in [0.2, 0.25) is 0 Å². The highest BCUT2D eigenvalue weighted by Gasteiger charge is 2.25. The molecule has 1 saturated heterocycles. The van der Waals surface area contributed by atoms with E-state index in [0.717, 1.165) is 23.5 Å². The minimum Gasteiger partial charge on any atom is -0.338 e. The first-order chi connectivity index (χ1) is 8.06. The molecule has 1 heterocycles. The third kappa shape index (κ3) is 3.03. The molecule has 2 unspecified atom stereocenters. The van der Waals surface area contributed by atoms with Crippen LogP contribution in [0.15, 0.2) is 29.2 Å². The lowest BCUT2D eigenvalue weighted by atomic mass is 9.91. The highest BCUT2D eigenvalue weighted by atomic mass is 32.1. The molecule has 1 aliphatic heterocycles. The number of carbonyl (C=O) groups excluding carboxylic acids is 1. The molecule has 0 spiro atoms. The maximum absolute atomic E-state index is 12.3. The van der Waals surface area contributed by atoms with Crippen molar-refractivity contribution < 1.29 is 4.79 Å². The molecule has 0 N–H and O–H groups in total. The Morgan fingerprint density at radius 1 is 1.29 bits per heavy atom. The monoisotopic (exact) mass is 249 g/mol. The molecular formula is C14H19NOS. The van der Waals surface area contributed by atoms with E-state index in [-0.39, 0.29) is 5.91 Å². The van der Waals surface area contributed by atoms with Gasteiger partial charge in [-0.05, 0) is 36.5 Å². The minimum atomic E-state index is 0.138. The van der Waals surface area contributed by atoms with E-state index < -0.39 is 0 Å². The molecule has 0 radical (unpaired) electrons. The number of hydrogen-bond acceptors (Lipinski definition) is 2. The van der Waals surface area contributed by atoms with Crippen LogP contribution >= 0.6 is 12.6 Å². The zero-order chi connectivity index (χ0) is 12.4. The van der Waals surface area contributed by atoms with E-state index in [2.05, 4.69) is 26.5 Å². The summed E-state index contributed by atoms with van der Waals surface area (Å²) in [5.41, 5.74) is 0.749. The summed E-state index contributed by atoms with van der Waals surface area (Å²) in [6.07, 6.45) is 1.22. The van der Waals surface area contributed by atoms with Gasteiger partial charge in [-0.25, -0.2) is 0 Å². The summed E-state index contributed by atoms with van der Waals surface area (Å²) in [4.78, 5) is 15.2. The van der Waals surface area contributed by atoms with E-state index in [4.69, 9.17) is 0 Å². The van der Waals surface area contributed by atoms with Gasteiger partial charge in [0.1, 0.15) is 0 Å². The number of piperidine rings is 1. The van der Waals surface area contributed by atoms with Gasteiger partial charge in [-0.1, -0.05) is 19.9 Å². The average Bonchev–Trinajstić information content (AvgIpc) is 2.26. The van der Waals surface area contributed by atoms with Crippen molar-refractivity contribution in [3.63, 3.8) is 0 Å². The SMILES string of the molecule is CC1CC(C)CN(C(=O)c2cccc(S)c2)C1. The Morgan fingerprint density at radius 2 is 1.94 bits per heavy atom. The number of carbonyl (C=O) groups is 1. The molecule has 17 heavy (non-hydrogen) atoms. The number of nitrogens with zero attached hydrogens (tertiary/aromatic N) is 1. The summed E-state index contributed by atoms with van der Waals surface area (Å²) in [5.74, 6) is 1.34. The van der Waals surface area contributed by atoms with Crippen LogP contribution in [0, 0.1) is 11.8 Å². The van der Waals surface area contributed by atoms with Crippen LogP contribution in [-0.4, -0.2) is 23.9 Å². The van der Waals surface area contributed by atoms with E-state index in [1.165, 1.54) is 6.42 Å². The van der Waals surface area contributed by atoms with Crippen molar-refractivity contribution in [1.29, 1.82) is 0 Å². The molecule has 1 amide bonds. The van der Waals surface area contributed by atoms with Gasteiger partial charge in [0.05, 0.1) is 0 Å². The maximum atomic E-state index is 12.3. The fraction of sp³-hybridized carbons (Fsp3) is 0.500. The van der Waals surface area contributed by atoms with Gasteiger partial charge in [-0.15, -0.1) is 12.6 Å². The van der Waals surface area contributed by atoms with Gasteiger partial charge in [-0.2, -0.15) is 0 Å². The van der Waals surface area contributed by atoms with E-state index >= 15 is 0 Å². The number of amides is 1.